The molecule has 1 aromatic heterocycles. The summed E-state index contributed by atoms with van der Waals surface area (Å²) in [6.07, 6.45) is 2.16. The molecular weight excluding hydrogens is 334 g/mol. The van der Waals surface area contributed by atoms with Crippen LogP contribution in [-0.2, 0) is 0 Å². The Morgan fingerprint density at radius 1 is 1.30 bits per heavy atom. The Bertz CT molecular complexity index is 568. The van der Waals surface area contributed by atoms with Gasteiger partial charge in [0.15, 0.2) is 0 Å². The van der Waals surface area contributed by atoms with Crippen molar-refractivity contribution in [2.24, 2.45) is 0 Å². The van der Waals surface area contributed by atoms with Crippen molar-refractivity contribution in [3.8, 4) is 10.6 Å². The molecule has 1 aromatic carbocycles. The minimum absolute atomic E-state index is 0.310. The largest absolute Gasteiger partial charge is 0.308 e. The Balaban J connectivity index is 2.25. The molecule has 1 atom stereocenters. The molecule has 0 fully saturated rings. The molecule has 0 radical (unpaired) electrons. The Morgan fingerprint density at radius 3 is 2.80 bits per heavy atom. The van der Waals surface area contributed by atoms with Crippen LogP contribution in [0.3, 0.4) is 0 Å². The van der Waals surface area contributed by atoms with E-state index in [1.807, 2.05) is 0 Å². The molecular formula is C15H20BrN3S. The zero-order valence-corrected chi connectivity index (χ0v) is 14.5. The van der Waals surface area contributed by atoms with Gasteiger partial charge in [-0.3, -0.25) is 0 Å². The normalized spacial score (nSPS) is 12.6. The third kappa shape index (κ3) is 3.65. The van der Waals surface area contributed by atoms with E-state index in [0.717, 1.165) is 39.4 Å². The van der Waals surface area contributed by atoms with Crippen LogP contribution in [0.1, 0.15) is 43.3 Å². The summed E-state index contributed by atoms with van der Waals surface area (Å²) in [4.78, 5) is 0. The summed E-state index contributed by atoms with van der Waals surface area (Å²) in [6, 6.07) is 6.62. The van der Waals surface area contributed by atoms with Crippen molar-refractivity contribution in [3.05, 3.63) is 33.2 Å². The lowest BCUT2D eigenvalue weighted by molar-refractivity contribution is 0.513. The van der Waals surface area contributed by atoms with Crippen molar-refractivity contribution in [2.45, 2.75) is 39.7 Å². The average Bonchev–Trinajstić information content (AvgIpc) is 2.92. The molecule has 0 aliphatic heterocycles. The summed E-state index contributed by atoms with van der Waals surface area (Å²) in [5.41, 5.74) is 2.36. The lowest BCUT2D eigenvalue weighted by atomic mass is 10.1. The first kappa shape index (κ1) is 15.6. The highest BCUT2D eigenvalue weighted by Gasteiger charge is 2.16. The van der Waals surface area contributed by atoms with Gasteiger partial charge in [0.05, 0.1) is 6.04 Å². The van der Waals surface area contributed by atoms with Crippen LogP contribution in [-0.4, -0.2) is 16.7 Å². The molecule has 3 nitrogen and oxygen atoms in total. The van der Waals surface area contributed by atoms with Crippen LogP contribution in [0.5, 0.6) is 0 Å². The maximum Gasteiger partial charge on any atom is 0.149 e. The van der Waals surface area contributed by atoms with E-state index in [2.05, 4.69) is 70.4 Å². The van der Waals surface area contributed by atoms with Crippen LogP contribution in [0.25, 0.3) is 10.6 Å². The van der Waals surface area contributed by atoms with Crippen LogP contribution in [0, 0.1) is 6.92 Å². The van der Waals surface area contributed by atoms with Crippen molar-refractivity contribution in [2.75, 3.05) is 6.54 Å². The van der Waals surface area contributed by atoms with Gasteiger partial charge in [-0.1, -0.05) is 52.7 Å². The van der Waals surface area contributed by atoms with Crippen molar-refractivity contribution in [1.82, 2.24) is 15.5 Å². The zero-order valence-electron chi connectivity index (χ0n) is 12.1. The Labute approximate surface area is 133 Å². The molecule has 20 heavy (non-hydrogen) atoms. The van der Waals surface area contributed by atoms with Crippen LogP contribution in [0.4, 0.5) is 0 Å². The molecule has 0 spiro atoms. The monoisotopic (exact) mass is 353 g/mol. The fraction of sp³-hybridized carbons (Fsp3) is 0.467. The topological polar surface area (TPSA) is 37.8 Å². The summed E-state index contributed by atoms with van der Waals surface area (Å²) in [5.74, 6) is 0. The molecule has 2 aromatic rings. The first-order valence-corrected chi connectivity index (χ1v) is 8.60. The predicted molar refractivity (Wildman–Crippen MR) is 89.1 cm³/mol. The van der Waals surface area contributed by atoms with E-state index < -0.39 is 0 Å². The van der Waals surface area contributed by atoms with Gasteiger partial charge in [0.25, 0.3) is 0 Å². The summed E-state index contributed by atoms with van der Waals surface area (Å²) < 4.78 is 1.07. The number of aryl methyl sites for hydroxylation is 1. The molecule has 0 aliphatic rings. The van der Waals surface area contributed by atoms with Gasteiger partial charge in [0, 0.05) is 10.0 Å². The third-order valence-electron chi connectivity index (χ3n) is 3.14. The molecule has 0 saturated carbocycles. The van der Waals surface area contributed by atoms with Crippen LogP contribution >= 0.6 is 27.3 Å². The van der Waals surface area contributed by atoms with Gasteiger partial charge < -0.3 is 5.32 Å². The maximum atomic E-state index is 4.37. The second-order valence-corrected chi connectivity index (χ2v) is 6.71. The van der Waals surface area contributed by atoms with Gasteiger partial charge in [-0.2, -0.15) is 0 Å². The summed E-state index contributed by atoms with van der Waals surface area (Å²) >= 11 is 5.27. The van der Waals surface area contributed by atoms with Gasteiger partial charge >= 0.3 is 0 Å². The fourth-order valence-electron chi connectivity index (χ4n) is 2.01. The van der Waals surface area contributed by atoms with E-state index in [0.29, 0.717) is 6.04 Å². The molecule has 1 unspecified atom stereocenters. The molecule has 2 rings (SSSR count). The van der Waals surface area contributed by atoms with Gasteiger partial charge in [-0.25, -0.2) is 0 Å². The van der Waals surface area contributed by atoms with E-state index >= 15 is 0 Å². The number of nitrogens with zero attached hydrogens (tertiary/aromatic N) is 2. The number of rotatable bonds is 6. The first-order chi connectivity index (χ1) is 9.65. The van der Waals surface area contributed by atoms with E-state index in [4.69, 9.17) is 0 Å². The summed E-state index contributed by atoms with van der Waals surface area (Å²) in [5, 5.41) is 14.3. The fourth-order valence-corrected chi connectivity index (χ4v) is 3.61. The molecule has 108 valence electrons. The molecule has 0 amide bonds. The zero-order chi connectivity index (χ0) is 14.5. The smallest absolute Gasteiger partial charge is 0.149 e. The van der Waals surface area contributed by atoms with E-state index in [1.165, 1.54) is 5.56 Å². The highest BCUT2D eigenvalue weighted by atomic mass is 79.9. The predicted octanol–water partition coefficient (Wildman–Crippen LogP) is 4.73. The Hall–Kier alpha value is -0.780. The highest BCUT2D eigenvalue weighted by Crippen LogP contribution is 2.33. The van der Waals surface area contributed by atoms with E-state index in [9.17, 15) is 0 Å². The van der Waals surface area contributed by atoms with Crippen LogP contribution < -0.4 is 5.32 Å². The quantitative estimate of drug-likeness (QED) is 0.815. The molecule has 0 bridgehead atoms. The second-order valence-electron chi connectivity index (χ2n) is 4.84. The van der Waals surface area contributed by atoms with Crippen molar-refractivity contribution in [1.29, 1.82) is 0 Å². The lowest BCUT2D eigenvalue weighted by Crippen LogP contribution is -2.21. The van der Waals surface area contributed by atoms with Gasteiger partial charge in [-0.05, 0) is 38.4 Å². The van der Waals surface area contributed by atoms with Crippen LogP contribution in [0.15, 0.2) is 22.7 Å². The van der Waals surface area contributed by atoms with Gasteiger partial charge in [0.1, 0.15) is 10.0 Å². The SMILES string of the molecule is CCCNC(CC)c1nnc(-c2cc(C)ccc2Br)s1. The van der Waals surface area contributed by atoms with E-state index in [-0.39, 0.29) is 0 Å². The first-order valence-electron chi connectivity index (χ1n) is 6.99. The summed E-state index contributed by atoms with van der Waals surface area (Å²) in [7, 11) is 0. The third-order valence-corrected chi connectivity index (χ3v) is 4.90. The standard InChI is InChI=1S/C15H20BrN3S/c1-4-8-17-13(5-2)15-19-18-14(20-15)11-9-10(3)6-7-12(11)16/h6-7,9,13,17H,4-5,8H2,1-3H3. The number of nitrogens with one attached hydrogen (secondary N) is 1. The maximum absolute atomic E-state index is 4.37. The van der Waals surface area contributed by atoms with Crippen molar-refractivity contribution >= 4 is 27.3 Å². The van der Waals surface area contributed by atoms with Crippen molar-refractivity contribution in [3.63, 3.8) is 0 Å². The Kier molecular flexibility index (Phi) is 5.69. The van der Waals surface area contributed by atoms with Crippen molar-refractivity contribution < 1.29 is 0 Å². The lowest BCUT2D eigenvalue weighted by Gasteiger charge is -2.12. The number of benzene rings is 1. The number of hydrogen-bond donors (Lipinski definition) is 1. The number of halogens is 1. The Morgan fingerprint density at radius 2 is 2.10 bits per heavy atom. The second kappa shape index (κ2) is 7.29. The summed E-state index contributed by atoms with van der Waals surface area (Å²) in [6.45, 7) is 7.46. The van der Waals surface area contributed by atoms with Gasteiger partial charge in [0.2, 0.25) is 0 Å². The molecule has 5 heteroatoms. The molecule has 0 saturated heterocycles. The minimum atomic E-state index is 0.310. The molecule has 0 aliphatic carbocycles. The highest BCUT2D eigenvalue weighted by molar-refractivity contribution is 9.10. The van der Waals surface area contributed by atoms with E-state index in [1.54, 1.807) is 11.3 Å². The minimum Gasteiger partial charge on any atom is -0.308 e. The molecule has 1 heterocycles. The molecule has 1 N–H and O–H groups in total. The van der Waals surface area contributed by atoms with Gasteiger partial charge in [-0.15, -0.1) is 10.2 Å². The van der Waals surface area contributed by atoms with Crippen LogP contribution in [0.2, 0.25) is 0 Å². The number of hydrogen-bond acceptors (Lipinski definition) is 4. The average molecular weight is 354 g/mol. The number of aromatic nitrogens is 2.